The Balaban J connectivity index is 1.76. The maximum Gasteiger partial charge on any atom is 0.317 e. The standard InChI is InChI=1S/C14H24N2O4/c1-20-8-6-14(4-5-14)10-15-13(19)16-7-2-3-11(9-16)12(17)18/h11H,2-10H2,1H3,(H,15,19)(H,17,18)/t11-/m0/s1. The van der Waals surface area contributed by atoms with Crippen molar-refractivity contribution in [3.8, 4) is 0 Å². The molecule has 0 spiro atoms. The van der Waals surface area contributed by atoms with Gasteiger partial charge in [-0.2, -0.15) is 0 Å². The number of rotatable bonds is 6. The second-order valence-corrected chi connectivity index (χ2v) is 6.02. The second-order valence-electron chi connectivity index (χ2n) is 6.02. The van der Waals surface area contributed by atoms with E-state index < -0.39 is 11.9 Å². The van der Waals surface area contributed by atoms with E-state index in [2.05, 4.69) is 5.32 Å². The molecule has 0 unspecified atom stereocenters. The Kier molecular flexibility index (Phi) is 4.86. The van der Waals surface area contributed by atoms with Crippen molar-refractivity contribution in [2.24, 2.45) is 11.3 Å². The Morgan fingerprint density at radius 3 is 2.80 bits per heavy atom. The normalized spacial score (nSPS) is 24.2. The van der Waals surface area contributed by atoms with Crippen LogP contribution in [0.4, 0.5) is 4.79 Å². The Hall–Kier alpha value is -1.30. The van der Waals surface area contributed by atoms with Gasteiger partial charge in [-0.15, -0.1) is 0 Å². The predicted molar refractivity (Wildman–Crippen MR) is 73.5 cm³/mol. The van der Waals surface area contributed by atoms with Crippen LogP contribution in [0.25, 0.3) is 0 Å². The van der Waals surface area contributed by atoms with Gasteiger partial charge in [0, 0.05) is 33.4 Å². The van der Waals surface area contributed by atoms with Gasteiger partial charge in [0.2, 0.25) is 0 Å². The fraction of sp³-hybridized carbons (Fsp3) is 0.857. The highest BCUT2D eigenvalue weighted by atomic mass is 16.5. The molecule has 6 nitrogen and oxygen atoms in total. The van der Waals surface area contributed by atoms with Gasteiger partial charge in [-0.05, 0) is 37.5 Å². The van der Waals surface area contributed by atoms with Crippen LogP contribution >= 0.6 is 0 Å². The number of aliphatic carboxylic acids is 1. The molecule has 1 saturated heterocycles. The van der Waals surface area contributed by atoms with E-state index in [0.29, 0.717) is 26.1 Å². The molecule has 0 radical (unpaired) electrons. The molecule has 6 heteroatoms. The summed E-state index contributed by atoms with van der Waals surface area (Å²) in [6.45, 7) is 2.37. The fourth-order valence-corrected chi connectivity index (χ4v) is 2.75. The predicted octanol–water partition coefficient (Wildman–Crippen LogP) is 1.31. The second kappa shape index (κ2) is 6.43. The molecular formula is C14H24N2O4. The molecule has 1 heterocycles. The topological polar surface area (TPSA) is 78.9 Å². The number of carboxylic acid groups (broad SMARTS) is 1. The summed E-state index contributed by atoms with van der Waals surface area (Å²) in [5.41, 5.74) is 0.216. The van der Waals surface area contributed by atoms with Crippen molar-refractivity contribution >= 4 is 12.0 Å². The van der Waals surface area contributed by atoms with Gasteiger partial charge in [0.15, 0.2) is 0 Å². The monoisotopic (exact) mass is 284 g/mol. The zero-order valence-electron chi connectivity index (χ0n) is 12.1. The molecule has 0 aromatic heterocycles. The van der Waals surface area contributed by atoms with Gasteiger partial charge in [-0.1, -0.05) is 0 Å². The first-order valence-corrected chi connectivity index (χ1v) is 7.31. The number of nitrogens with one attached hydrogen (secondary N) is 1. The van der Waals surface area contributed by atoms with Crippen LogP contribution in [-0.2, 0) is 9.53 Å². The van der Waals surface area contributed by atoms with E-state index in [0.717, 1.165) is 32.3 Å². The summed E-state index contributed by atoms with van der Waals surface area (Å²) in [4.78, 5) is 24.7. The van der Waals surface area contributed by atoms with Crippen LogP contribution in [-0.4, -0.2) is 55.4 Å². The number of methoxy groups -OCH3 is 1. The summed E-state index contributed by atoms with van der Waals surface area (Å²) in [7, 11) is 1.69. The van der Waals surface area contributed by atoms with Gasteiger partial charge in [-0.3, -0.25) is 4.79 Å². The highest BCUT2D eigenvalue weighted by Crippen LogP contribution is 2.48. The van der Waals surface area contributed by atoms with Crippen LogP contribution in [0.1, 0.15) is 32.1 Å². The molecule has 20 heavy (non-hydrogen) atoms. The molecule has 1 saturated carbocycles. The van der Waals surface area contributed by atoms with Crippen molar-refractivity contribution < 1.29 is 19.4 Å². The average molecular weight is 284 g/mol. The number of ether oxygens (including phenoxy) is 1. The number of nitrogens with zero attached hydrogens (tertiary/aromatic N) is 1. The molecule has 114 valence electrons. The van der Waals surface area contributed by atoms with E-state index in [1.54, 1.807) is 12.0 Å². The highest BCUT2D eigenvalue weighted by Gasteiger charge is 2.42. The third-order valence-corrected chi connectivity index (χ3v) is 4.47. The molecule has 0 aromatic carbocycles. The summed E-state index contributed by atoms with van der Waals surface area (Å²) in [5, 5.41) is 12.0. The third kappa shape index (κ3) is 3.85. The highest BCUT2D eigenvalue weighted by molar-refractivity contribution is 5.76. The zero-order chi connectivity index (χ0) is 14.6. The molecule has 2 fully saturated rings. The van der Waals surface area contributed by atoms with E-state index in [4.69, 9.17) is 9.84 Å². The SMILES string of the molecule is COCCC1(CNC(=O)N2CCC[C@H](C(=O)O)C2)CC1. The van der Waals surface area contributed by atoms with Gasteiger partial charge in [0.25, 0.3) is 0 Å². The van der Waals surface area contributed by atoms with Crippen LogP contribution in [0, 0.1) is 11.3 Å². The molecular weight excluding hydrogens is 260 g/mol. The lowest BCUT2D eigenvalue weighted by atomic mass is 9.98. The van der Waals surface area contributed by atoms with Crippen LogP contribution in [0.15, 0.2) is 0 Å². The first-order chi connectivity index (χ1) is 9.56. The zero-order valence-corrected chi connectivity index (χ0v) is 12.1. The Morgan fingerprint density at radius 2 is 2.20 bits per heavy atom. The fourth-order valence-electron chi connectivity index (χ4n) is 2.75. The minimum Gasteiger partial charge on any atom is -0.481 e. The van der Waals surface area contributed by atoms with Gasteiger partial charge in [0.1, 0.15) is 0 Å². The van der Waals surface area contributed by atoms with Gasteiger partial charge in [-0.25, -0.2) is 4.79 Å². The molecule has 2 N–H and O–H groups in total. The number of carbonyl (C=O) groups excluding carboxylic acids is 1. The van der Waals surface area contributed by atoms with Crippen LogP contribution in [0.5, 0.6) is 0 Å². The molecule has 1 atom stereocenters. The van der Waals surface area contributed by atoms with E-state index >= 15 is 0 Å². The molecule has 2 rings (SSSR count). The quantitative estimate of drug-likeness (QED) is 0.771. The first-order valence-electron chi connectivity index (χ1n) is 7.31. The van der Waals surface area contributed by atoms with Crippen molar-refractivity contribution in [3.63, 3.8) is 0 Å². The number of carbonyl (C=O) groups is 2. The van der Waals surface area contributed by atoms with Gasteiger partial charge < -0.3 is 20.1 Å². The smallest absolute Gasteiger partial charge is 0.317 e. The van der Waals surface area contributed by atoms with Gasteiger partial charge >= 0.3 is 12.0 Å². The van der Waals surface area contributed by atoms with Crippen LogP contribution in [0.2, 0.25) is 0 Å². The average Bonchev–Trinajstić information content (AvgIpc) is 3.23. The Labute approximate surface area is 119 Å². The summed E-state index contributed by atoms with van der Waals surface area (Å²) >= 11 is 0. The molecule has 0 bridgehead atoms. The van der Waals surface area contributed by atoms with E-state index in [9.17, 15) is 9.59 Å². The molecule has 1 aliphatic carbocycles. The number of hydrogen-bond donors (Lipinski definition) is 2. The van der Waals surface area contributed by atoms with Crippen molar-refractivity contribution in [2.45, 2.75) is 32.1 Å². The number of hydrogen-bond acceptors (Lipinski definition) is 3. The summed E-state index contributed by atoms with van der Waals surface area (Å²) in [6, 6.07) is -0.125. The van der Waals surface area contributed by atoms with Crippen molar-refractivity contribution in [2.75, 3.05) is 33.4 Å². The Bertz CT molecular complexity index is 368. The van der Waals surface area contributed by atoms with Crippen LogP contribution in [0.3, 0.4) is 0 Å². The van der Waals surface area contributed by atoms with E-state index in [1.807, 2.05) is 0 Å². The summed E-state index contributed by atoms with van der Waals surface area (Å²) < 4.78 is 5.09. The minimum absolute atomic E-state index is 0.125. The van der Waals surface area contributed by atoms with Crippen molar-refractivity contribution in [1.29, 1.82) is 0 Å². The molecule has 0 aromatic rings. The molecule has 1 aliphatic heterocycles. The maximum absolute atomic E-state index is 12.1. The van der Waals surface area contributed by atoms with Crippen molar-refractivity contribution in [3.05, 3.63) is 0 Å². The first kappa shape index (κ1) is 15.1. The number of likely N-dealkylation sites (tertiary alicyclic amines) is 1. The lowest BCUT2D eigenvalue weighted by Crippen LogP contribution is -2.48. The van der Waals surface area contributed by atoms with Gasteiger partial charge in [0.05, 0.1) is 5.92 Å². The summed E-state index contributed by atoms with van der Waals surface area (Å²) in [6.07, 6.45) is 4.67. The maximum atomic E-state index is 12.1. The third-order valence-electron chi connectivity index (χ3n) is 4.47. The van der Waals surface area contributed by atoms with E-state index in [1.165, 1.54) is 0 Å². The number of piperidine rings is 1. The Morgan fingerprint density at radius 1 is 1.45 bits per heavy atom. The summed E-state index contributed by atoms with van der Waals surface area (Å²) in [5.74, 6) is -1.22. The lowest BCUT2D eigenvalue weighted by Gasteiger charge is -2.31. The van der Waals surface area contributed by atoms with Crippen molar-refractivity contribution in [1.82, 2.24) is 10.2 Å². The number of urea groups is 1. The molecule has 2 aliphatic rings. The minimum atomic E-state index is -0.804. The van der Waals surface area contributed by atoms with Crippen LogP contribution < -0.4 is 5.32 Å². The molecule has 2 amide bonds. The van der Waals surface area contributed by atoms with E-state index in [-0.39, 0.29) is 11.4 Å². The number of carboxylic acids is 1. The number of amides is 2. The lowest BCUT2D eigenvalue weighted by molar-refractivity contribution is -0.143. The largest absolute Gasteiger partial charge is 0.481 e.